The summed E-state index contributed by atoms with van der Waals surface area (Å²) in [5.41, 5.74) is -0.220. The monoisotopic (exact) mass is 277 g/mol. The summed E-state index contributed by atoms with van der Waals surface area (Å²) in [6.07, 6.45) is 1.88. The molecule has 112 valence electrons. The Labute approximate surface area is 122 Å². The molecule has 0 aromatic heterocycles. The normalized spacial score (nSPS) is 15.7. The first-order valence-electron chi connectivity index (χ1n) is 7.44. The van der Waals surface area contributed by atoms with Gasteiger partial charge in [0.1, 0.15) is 5.60 Å². The van der Waals surface area contributed by atoms with Gasteiger partial charge in [0, 0.05) is 5.92 Å². The van der Waals surface area contributed by atoms with Crippen LogP contribution in [-0.2, 0) is 10.4 Å². The van der Waals surface area contributed by atoms with Crippen molar-refractivity contribution < 1.29 is 9.90 Å². The summed E-state index contributed by atoms with van der Waals surface area (Å²) in [5, 5.41) is 13.4. The van der Waals surface area contributed by atoms with Crippen molar-refractivity contribution in [3.63, 3.8) is 0 Å². The SMILES string of the molecule is CCCC(C(=O)NCC(C)(O)c1ccccc1)C(C)C. The molecule has 1 aromatic carbocycles. The Morgan fingerprint density at radius 1 is 1.30 bits per heavy atom. The summed E-state index contributed by atoms with van der Waals surface area (Å²) in [6, 6.07) is 9.43. The first-order valence-corrected chi connectivity index (χ1v) is 7.44. The topological polar surface area (TPSA) is 49.3 Å². The minimum Gasteiger partial charge on any atom is -0.384 e. The van der Waals surface area contributed by atoms with Gasteiger partial charge in [0.15, 0.2) is 0 Å². The van der Waals surface area contributed by atoms with E-state index in [2.05, 4.69) is 26.1 Å². The van der Waals surface area contributed by atoms with E-state index in [0.29, 0.717) is 5.92 Å². The zero-order valence-electron chi connectivity index (χ0n) is 13.0. The molecule has 0 spiro atoms. The lowest BCUT2D eigenvalue weighted by molar-refractivity contribution is -0.127. The Morgan fingerprint density at radius 3 is 2.40 bits per heavy atom. The first kappa shape index (κ1) is 16.7. The second-order valence-corrected chi connectivity index (χ2v) is 6.00. The Hall–Kier alpha value is -1.35. The lowest BCUT2D eigenvalue weighted by Gasteiger charge is -2.26. The fourth-order valence-electron chi connectivity index (χ4n) is 2.37. The molecule has 0 bridgehead atoms. The van der Waals surface area contributed by atoms with Crippen LogP contribution in [0.3, 0.4) is 0 Å². The third-order valence-corrected chi connectivity index (χ3v) is 3.74. The van der Waals surface area contributed by atoms with E-state index in [0.717, 1.165) is 18.4 Å². The number of carbonyl (C=O) groups excluding carboxylic acids is 1. The van der Waals surface area contributed by atoms with Gasteiger partial charge in [-0.2, -0.15) is 0 Å². The van der Waals surface area contributed by atoms with E-state index in [4.69, 9.17) is 0 Å². The average molecular weight is 277 g/mol. The van der Waals surface area contributed by atoms with Gasteiger partial charge in [0.05, 0.1) is 6.54 Å². The van der Waals surface area contributed by atoms with Crippen LogP contribution in [0.15, 0.2) is 30.3 Å². The number of hydrogen-bond donors (Lipinski definition) is 2. The fraction of sp³-hybridized carbons (Fsp3) is 0.588. The highest BCUT2D eigenvalue weighted by Crippen LogP contribution is 2.21. The molecule has 0 aliphatic rings. The number of rotatable bonds is 7. The molecule has 1 rings (SSSR count). The van der Waals surface area contributed by atoms with Crippen LogP contribution >= 0.6 is 0 Å². The van der Waals surface area contributed by atoms with E-state index < -0.39 is 5.60 Å². The third-order valence-electron chi connectivity index (χ3n) is 3.74. The second kappa shape index (κ2) is 7.44. The van der Waals surface area contributed by atoms with Gasteiger partial charge in [-0.05, 0) is 24.8 Å². The van der Waals surface area contributed by atoms with Gasteiger partial charge in [0.2, 0.25) is 5.91 Å². The van der Waals surface area contributed by atoms with Crippen molar-refractivity contribution >= 4 is 5.91 Å². The van der Waals surface area contributed by atoms with Gasteiger partial charge in [-0.25, -0.2) is 0 Å². The molecular formula is C17H27NO2. The maximum atomic E-state index is 12.2. The van der Waals surface area contributed by atoms with E-state index in [9.17, 15) is 9.90 Å². The van der Waals surface area contributed by atoms with E-state index >= 15 is 0 Å². The Kier molecular flexibility index (Phi) is 6.21. The smallest absolute Gasteiger partial charge is 0.223 e. The van der Waals surface area contributed by atoms with Crippen molar-refractivity contribution in [2.45, 2.75) is 46.1 Å². The number of nitrogens with one attached hydrogen (secondary N) is 1. The minimum atomic E-state index is -1.04. The Balaban J connectivity index is 2.63. The Morgan fingerprint density at radius 2 is 1.90 bits per heavy atom. The number of amides is 1. The lowest BCUT2D eigenvalue weighted by Crippen LogP contribution is -2.42. The molecule has 1 amide bonds. The Bertz CT molecular complexity index is 412. The summed E-state index contributed by atoms with van der Waals surface area (Å²) in [6.45, 7) is 8.18. The van der Waals surface area contributed by atoms with Gasteiger partial charge in [0.25, 0.3) is 0 Å². The molecule has 3 heteroatoms. The van der Waals surface area contributed by atoms with Crippen LogP contribution in [0.4, 0.5) is 0 Å². The maximum absolute atomic E-state index is 12.2. The zero-order valence-corrected chi connectivity index (χ0v) is 13.0. The molecule has 0 aliphatic heterocycles. The predicted molar refractivity (Wildman–Crippen MR) is 82.3 cm³/mol. The highest BCUT2D eigenvalue weighted by atomic mass is 16.3. The number of carbonyl (C=O) groups is 1. The first-order chi connectivity index (χ1) is 9.38. The van der Waals surface area contributed by atoms with Crippen molar-refractivity contribution in [1.29, 1.82) is 0 Å². The van der Waals surface area contributed by atoms with Crippen LogP contribution in [0.5, 0.6) is 0 Å². The molecule has 0 saturated carbocycles. The van der Waals surface area contributed by atoms with Crippen LogP contribution < -0.4 is 5.32 Å². The van der Waals surface area contributed by atoms with E-state index in [1.54, 1.807) is 6.92 Å². The zero-order chi connectivity index (χ0) is 15.2. The molecule has 2 N–H and O–H groups in total. The molecule has 0 heterocycles. The number of aliphatic hydroxyl groups is 1. The number of hydrogen-bond acceptors (Lipinski definition) is 2. The van der Waals surface area contributed by atoms with Crippen LogP contribution in [0, 0.1) is 11.8 Å². The standard InChI is InChI=1S/C17H27NO2/c1-5-9-15(13(2)3)16(19)18-12-17(4,20)14-10-7-6-8-11-14/h6-8,10-11,13,15,20H,5,9,12H2,1-4H3,(H,18,19). The summed E-state index contributed by atoms with van der Waals surface area (Å²) < 4.78 is 0. The van der Waals surface area contributed by atoms with Crippen LogP contribution in [0.2, 0.25) is 0 Å². The van der Waals surface area contributed by atoms with Crippen molar-refractivity contribution in [3.05, 3.63) is 35.9 Å². The average Bonchev–Trinajstić information content (AvgIpc) is 2.43. The van der Waals surface area contributed by atoms with Crippen LogP contribution in [0.25, 0.3) is 0 Å². The molecule has 3 nitrogen and oxygen atoms in total. The van der Waals surface area contributed by atoms with Crippen molar-refractivity contribution in [2.75, 3.05) is 6.54 Å². The largest absolute Gasteiger partial charge is 0.384 e. The molecule has 1 aromatic rings. The van der Waals surface area contributed by atoms with Crippen molar-refractivity contribution in [1.82, 2.24) is 5.32 Å². The van der Waals surface area contributed by atoms with E-state index in [-0.39, 0.29) is 18.4 Å². The van der Waals surface area contributed by atoms with Gasteiger partial charge in [-0.15, -0.1) is 0 Å². The van der Waals surface area contributed by atoms with Gasteiger partial charge in [-0.1, -0.05) is 57.5 Å². The highest BCUT2D eigenvalue weighted by Gasteiger charge is 2.26. The summed E-state index contributed by atoms with van der Waals surface area (Å²) >= 11 is 0. The molecule has 2 unspecified atom stereocenters. The van der Waals surface area contributed by atoms with Crippen LogP contribution in [0.1, 0.15) is 46.1 Å². The second-order valence-electron chi connectivity index (χ2n) is 6.00. The van der Waals surface area contributed by atoms with Crippen molar-refractivity contribution in [3.8, 4) is 0 Å². The highest BCUT2D eigenvalue weighted by molar-refractivity contribution is 5.78. The summed E-state index contributed by atoms with van der Waals surface area (Å²) in [5.74, 6) is 0.376. The van der Waals surface area contributed by atoms with Gasteiger partial charge < -0.3 is 10.4 Å². The summed E-state index contributed by atoms with van der Waals surface area (Å²) in [4.78, 5) is 12.2. The summed E-state index contributed by atoms with van der Waals surface area (Å²) in [7, 11) is 0. The molecule has 0 fully saturated rings. The minimum absolute atomic E-state index is 0.0200. The molecule has 0 saturated heterocycles. The molecule has 2 atom stereocenters. The quantitative estimate of drug-likeness (QED) is 0.804. The van der Waals surface area contributed by atoms with Gasteiger partial charge >= 0.3 is 0 Å². The molecular weight excluding hydrogens is 250 g/mol. The van der Waals surface area contributed by atoms with Gasteiger partial charge in [-0.3, -0.25) is 4.79 Å². The lowest BCUT2D eigenvalue weighted by atomic mass is 9.90. The van der Waals surface area contributed by atoms with Crippen LogP contribution in [-0.4, -0.2) is 17.6 Å². The molecule has 0 radical (unpaired) electrons. The molecule has 0 aliphatic carbocycles. The van der Waals surface area contributed by atoms with E-state index in [1.165, 1.54) is 0 Å². The van der Waals surface area contributed by atoms with Crippen molar-refractivity contribution in [2.24, 2.45) is 11.8 Å². The fourth-order valence-corrected chi connectivity index (χ4v) is 2.37. The third kappa shape index (κ3) is 4.64. The maximum Gasteiger partial charge on any atom is 0.223 e. The molecule has 20 heavy (non-hydrogen) atoms. The van der Waals surface area contributed by atoms with E-state index in [1.807, 2.05) is 30.3 Å². The number of benzene rings is 1. The predicted octanol–water partition coefficient (Wildman–Crippen LogP) is 3.08.